The molecule has 2 aromatic rings. The Morgan fingerprint density at radius 2 is 2.05 bits per heavy atom. The van der Waals surface area contributed by atoms with Crippen LogP contribution in [0.5, 0.6) is 0 Å². The minimum atomic E-state index is -0.561. The Morgan fingerprint density at radius 1 is 1.29 bits per heavy atom. The third kappa shape index (κ3) is 2.47. The van der Waals surface area contributed by atoms with Crippen molar-refractivity contribution in [1.82, 2.24) is 0 Å². The lowest BCUT2D eigenvalue weighted by atomic mass is 9.97. The number of likely N-dealkylation sites (N-methyl/N-ethyl adjacent to an activating group) is 1. The van der Waals surface area contributed by atoms with Crippen molar-refractivity contribution in [3.63, 3.8) is 0 Å². The smallest absolute Gasteiger partial charge is 0.231 e. The van der Waals surface area contributed by atoms with E-state index in [2.05, 4.69) is 15.9 Å². The van der Waals surface area contributed by atoms with Crippen LogP contribution in [0.15, 0.2) is 40.9 Å². The molecule has 0 aromatic heterocycles. The fourth-order valence-corrected chi connectivity index (χ4v) is 2.99. The highest BCUT2D eigenvalue weighted by atomic mass is 79.9. The molecule has 0 saturated heterocycles. The first kappa shape index (κ1) is 14.2. The van der Waals surface area contributed by atoms with Crippen molar-refractivity contribution < 1.29 is 9.18 Å². The quantitative estimate of drug-likeness (QED) is 0.905. The van der Waals surface area contributed by atoms with Crippen molar-refractivity contribution in [1.29, 1.82) is 0 Å². The summed E-state index contributed by atoms with van der Waals surface area (Å²) in [5, 5.41) is 0. The number of benzene rings is 2. The zero-order valence-electron chi connectivity index (χ0n) is 11.4. The van der Waals surface area contributed by atoms with Crippen molar-refractivity contribution in [2.75, 3.05) is 11.9 Å². The number of hydrogen-bond donors (Lipinski definition) is 1. The van der Waals surface area contributed by atoms with E-state index in [1.807, 2.05) is 18.2 Å². The summed E-state index contributed by atoms with van der Waals surface area (Å²) < 4.78 is 14.7. The first-order valence-corrected chi connectivity index (χ1v) is 7.36. The van der Waals surface area contributed by atoms with Gasteiger partial charge in [-0.15, -0.1) is 0 Å². The van der Waals surface area contributed by atoms with Gasteiger partial charge in [-0.1, -0.05) is 28.1 Å². The summed E-state index contributed by atoms with van der Waals surface area (Å²) in [4.78, 5) is 13.3. The normalized spacial score (nSPS) is 15.2. The van der Waals surface area contributed by atoms with Gasteiger partial charge in [-0.25, -0.2) is 4.39 Å². The predicted molar refractivity (Wildman–Crippen MR) is 83.7 cm³/mol. The molecular weight excluding hydrogens is 335 g/mol. The largest absolute Gasteiger partial charge is 0.320 e. The molecular formula is C16H14BrFN2O. The van der Waals surface area contributed by atoms with Gasteiger partial charge in [0.25, 0.3) is 0 Å². The van der Waals surface area contributed by atoms with Crippen LogP contribution in [0.3, 0.4) is 0 Å². The Hall–Kier alpha value is -1.72. The van der Waals surface area contributed by atoms with Crippen LogP contribution in [-0.2, 0) is 11.2 Å². The van der Waals surface area contributed by atoms with Gasteiger partial charge in [0.1, 0.15) is 5.82 Å². The molecule has 108 valence electrons. The maximum atomic E-state index is 13.9. The third-order valence-electron chi connectivity index (χ3n) is 3.83. The van der Waals surface area contributed by atoms with Gasteiger partial charge < -0.3 is 10.6 Å². The molecule has 0 aliphatic carbocycles. The summed E-state index contributed by atoms with van der Waals surface area (Å²) in [7, 11) is 1.75. The summed E-state index contributed by atoms with van der Waals surface area (Å²) in [6.07, 6.45) is 0.368. The van der Waals surface area contributed by atoms with E-state index in [-0.39, 0.29) is 11.7 Å². The van der Waals surface area contributed by atoms with Crippen molar-refractivity contribution in [2.24, 2.45) is 5.73 Å². The SMILES string of the molecule is CN1C(=O)Cc2cc(C(N)c3cc(Br)ccc3F)ccc21. The number of nitrogens with two attached hydrogens (primary N) is 1. The van der Waals surface area contributed by atoms with Gasteiger partial charge >= 0.3 is 0 Å². The second-order valence-electron chi connectivity index (χ2n) is 5.16. The van der Waals surface area contributed by atoms with E-state index >= 15 is 0 Å². The molecule has 0 radical (unpaired) electrons. The minimum absolute atomic E-state index is 0.0596. The zero-order chi connectivity index (χ0) is 15.1. The lowest BCUT2D eigenvalue weighted by molar-refractivity contribution is -0.117. The second kappa shape index (κ2) is 5.24. The number of fused-ring (bicyclic) bond motifs is 1. The van der Waals surface area contributed by atoms with E-state index in [0.29, 0.717) is 12.0 Å². The van der Waals surface area contributed by atoms with Crippen LogP contribution in [0.2, 0.25) is 0 Å². The summed E-state index contributed by atoms with van der Waals surface area (Å²) in [5.74, 6) is -0.274. The molecule has 0 saturated carbocycles. The standard InChI is InChI=1S/C16H14BrFN2O/c1-20-14-5-2-9(6-10(14)7-15(20)21)16(19)12-8-11(17)3-4-13(12)18/h2-6,8,16H,7,19H2,1H3. The van der Waals surface area contributed by atoms with Gasteiger partial charge in [-0.05, 0) is 35.4 Å². The third-order valence-corrected chi connectivity index (χ3v) is 4.33. The summed E-state index contributed by atoms with van der Waals surface area (Å²) in [6.45, 7) is 0. The number of carbonyl (C=O) groups excluding carboxylic acids is 1. The topological polar surface area (TPSA) is 46.3 Å². The van der Waals surface area contributed by atoms with Crippen LogP contribution >= 0.6 is 15.9 Å². The number of halogens is 2. The molecule has 0 fully saturated rings. The first-order chi connectivity index (χ1) is 9.97. The van der Waals surface area contributed by atoms with Crippen LogP contribution < -0.4 is 10.6 Å². The van der Waals surface area contributed by atoms with E-state index < -0.39 is 6.04 Å². The van der Waals surface area contributed by atoms with E-state index in [1.165, 1.54) is 6.07 Å². The molecule has 3 nitrogen and oxygen atoms in total. The van der Waals surface area contributed by atoms with Gasteiger partial charge in [0.05, 0.1) is 12.5 Å². The van der Waals surface area contributed by atoms with Crippen LogP contribution in [0.1, 0.15) is 22.7 Å². The number of amides is 1. The summed E-state index contributed by atoms with van der Waals surface area (Å²) in [6, 6.07) is 9.76. The zero-order valence-corrected chi connectivity index (χ0v) is 13.0. The Morgan fingerprint density at radius 3 is 2.81 bits per heavy atom. The molecule has 1 amide bonds. The van der Waals surface area contributed by atoms with E-state index in [4.69, 9.17) is 5.73 Å². The molecule has 0 bridgehead atoms. The fourth-order valence-electron chi connectivity index (χ4n) is 2.62. The number of anilines is 1. The Balaban J connectivity index is 2.00. The Labute approximate surface area is 130 Å². The molecule has 1 unspecified atom stereocenters. The lowest BCUT2D eigenvalue weighted by Gasteiger charge is -2.16. The van der Waals surface area contributed by atoms with Crippen molar-refractivity contribution in [3.8, 4) is 0 Å². The first-order valence-electron chi connectivity index (χ1n) is 6.57. The number of rotatable bonds is 2. The van der Waals surface area contributed by atoms with Gasteiger partial charge in [0.2, 0.25) is 5.91 Å². The Bertz CT molecular complexity index is 732. The van der Waals surface area contributed by atoms with Gasteiger partial charge in [-0.2, -0.15) is 0 Å². The van der Waals surface area contributed by atoms with E-state index in [0.717, 1.165) is 21.3 Å². The molecule has 1 atom stereocenters. The monoisotopic (exact) mass is 348 g/mol. The van der Waals surface area contributed by atoms with Gasteiger partial charge in [-0.3, -0.25) is 4.79 Å². The molecule has 3 rings (SSSR count). The van der Waals surface area contributed by atoms with Crippen LogP contribution in [0, 0.1) is 5.82 Å². The van der Waals surface area contributed by atoms with Gasteiger partial charge in [0, 0.05) is 22.8 Å². The predicted octanol–water partition coefficient (Wildman–Crippen LogP) is 3.16. The molecule has 2 aromatic carbocycles. The average Bonchev–Trinajstić information content (AvgIpc) is 2.75. The molecule has 1 aliphatic rings. The van der Waals surface area contributed by atoms with E-state index in [1.54, 1.807) is 24.1 Å². The maximum Gasteiger partial charge on any atom is 0.231 e. The van der Waals surface area contributed by atoms with Crippen molar-refractivity contribution in [3.05, 3.63) is 63.4 Å². The van der Waals surface area contributed by atoms with Gasteiger partial charge in [0.15, 0.2) is 0 Å². The summed E-state index contributed by atoms with van der Waals surface area (Å²) in [5.41, 5.74) is 9.25. The van der Waals surface area contributed by atoms with E-state index in [9.17, 15) is 9.18 Å². The molecule has 0 spiro atoms. The lowest BCUT2D eigenvalue weighted by Crippen LogP contribution is -2.20. The van der Waals surface area contributed by atoms with Crippen LogP contribution in [0.25, 0.3) is 0 Å². The highest BCUT2D eigenvalue weighted by Gasteiger charge is 2.25. The number of carbonyl (C=O) groups is 1. The fraction of sp³-hybridized carbons (Fsp3) is 0.188. The average molecular weight is 349 g/mol. The minimum Gasteiger partial charge on any atom is -0.320 e. The molecule has 5 heteroatoms. The maximum absolute atomic E-state index is 13.9. The number of hydrogen-bond acceptors (Lipinski definition) is 2. The molecule has 1 aliphatic heterocycles. The second-order valence-corrected chi connectivity index (χ2v) is 6.08. The molecule has 21 heavy (non-hydrogen) atoms. The van der Waals surface area contributed by atoms with Crippen LogP contribution in [0.4, 0.5) is 10.1 Å². The van der Waals surface area contributed by atoms with Crippen molar-refractivity contribution >= 4 is 27.5 Å². The van der Waals surface area contributed by atoms with Crippen LogP contribution in [-0.4, -0.2) is 13.0 Å². The highest BCUT2D eigenvalue weighted by Crippen LogP contribution is 2.32. The highest BCUT2D eigenvalue weighted by molar-refractivity contribution is 9.10. The molecule has 2 N–H and O–H groups in total. The molecule has 1 heterocycles. The Kier molecular flexibility index (Phi) is 3.55. The summed E-state index contributed by atoms with van der Waals surface area (Å²) >= 11 is 3.33. The van der Waals surface area contributed by atoms with Crippen molar-refractivity contribution in [2.45, 2.75) is 12.5 Å². The number of nitrogens with zero attached hydrogens (tertiary/aromatic N) is 1.